The highest BCUT2D eigenvalue weighted by molar-refractivity contribution is 7.89. The first-order chi connectivity index (χ1) is 13.5. The number of aromatic nitrogens is 3. The Balaban J connectivity index is 1.62. The van der Waals surface area contributed by atoms with Gasteiger partial charge in [0.05, 0.1) is 17.0 Å². The number of sulfonamides is 1. The van der Waals surface area contributed by atoms with E-state index in [0.717, 1.165) is 4.88 Å². The summed E-state index contributed by atoms with van der Waals surface area (Å²) in [5.41, 5.74) is 0.619. The van der Waals surface area contributed by atoms with Crippen molar-refractivity contribution in [1.82, 2.24) is 19.4 Å². The number of aryl methyl sites for hydroxylation is 1. The Labute approximate surface area is 163 Å². The summed E-state index contributed by atoms with van der Waals surface area (Å²) < 4.78 is 39.2. The first kappa shape index (κ1) is 18.6. The van der Waals surface area contributed by atoms with Crippen molar-refractivity contribution in [1.29, 1.82) is 0 Å². The Morgan fingerprint density at radius 2 is 2.14 bits per heavy atom. The third kappa shape index (κ3) is 3.63. The van der Waals surface area contributed by atoms with Crippen LogP contribution in [0.5, 0.6) is 0 Å². The van der Waals surface area contributed by atoms with Gasteiger partial charge in [0.2, 0.25) is 15.9 Å². The predicted octanol–water partition coefficient (Wildman–Crippen LogP) is 2.13. The standard InChI is InChI=1S/C17H16N4O5S2/c1-2-16-19-15(20-26-16)10-21-13-6-5-12(8-14(13)25-17(21)22)28(23,24)18-9-11-4-3-7-27-11/h3-8,18H,2,9-10H2,1H3. The van der Waals surface area contributed by atoms with Crippen molar-refractivity contribution in [2.75, 3.05) is 0 Å². The number of benzene rings is 1. The average Bonchev–Trinajstić information content (AvgIpc) is 3.41. The highest BCUT2D eigenvalue weighted by Crippen LogP contribution is 2.20. The van der Waals surface area contributed by atoms with E-state index in [1.165, 1.54) is 34.1 Å². The lowest BCUT2D eigenvalue weighted by molar-refractivity contribution is 0.375. The molecule has 9 nitrogen and oxygen atoms in total. The van der Waals surface area contributed by atoms with E-state index in [9.17, 15) is 13.2 Å². The molecule has 146 valence electrons. The van der Waals surface area contributed by atoms with Crippen LogP contribution < -0.4 is 10.5 Å². The molecule has 0 radical (unpaired) electrons. The van der Waals surface area contributed by atoms with Gasteiger partial charge in [0.25, 0.3) is 0 Å². The molecule has 0 bridgehead atoms. The monoisotopic (exact) mass is 420 g/mol. The summed E-state index contributed by atoms with van der Waals surface area (Å²) in [5.74, 6) is 0.191. The van der Waals surface area contributed by atoms with E-state index in [4.69, 9.17) is 8.94 Å². The molecule has 0 saturated heterocycles. The Hall–Kier alpha value is -2.76. The van der Waals surface area contributed by atoms with Gasteiger partial charge in [-0.2, -0.15) is 4.98 Å². The summed E-state index contributed by atoms with van der Waals surface area (Å²) >= 11 is 1.46. The molecule has 4 rings (SSSR count). The Morgan fingerprint density at radius 1 is 1.29 bits per heavy atom. The normalized spacial score (nSPS) is 12.0. The molecule has 11 heteroatoms. The van der Waals surface area contributed by atoms with Crippen LogP contribution in [0.25, 0.3) is 11.1 Å². The molecule has 0 fully saturated rings. The molecule has 1 N–H and O–H groups in total. The van der Waals surface area contributed by atoms with Crippen molar-refractivity contribution in [3.63, 3.8) is 0 Å². The second kappa shape index (κ2) is 7.34. The van der Waals surface area contributed by atoms with E-state index in [1.54, 1.807) is 0 Å². The summed E-state index contributed by atoms with van der Waals surface area (Å²) in [7, 11) is -3.74. The number of rotatable bonds is 7. The van der Waals surface area contributed by atoms with Crippen LogP contribution in [0, 0.1) is 0 Å². The van der Waals surface area contributed by atoms with Crippen LogP contribution in [-0.2, 0) is 29.5 Å². The molecule has 3 heterocycles. The molecule has 0 unspecified atom stereocenters. The van der Waals surface area contributed by atoms with Gasteiger partial charge >= 0.3 is 5.76 Å². The minimum Gasteiger partial charge on any atom is -0.408 e. The van der Waals surface area contributed by atoms with Gasteiger partial charge in [0.1, 0.15) is 0 Å². The van der Waals surface area contributed by atoms with Gasteiger partial charge in [-0.3, -0.25) is 4.57 Å². The van der Waals surface area contributed by atoms with E-state index in [1.807, 2.05) is 24.4 Å². The van der Waals surface area contributed by atoms with Crippen molar-refractivity contribution in [3.8, 4) is 0 Å². The Bertz CT molecular complexity index is 1270. The van der Waals surface area contributed by atoms with Gasteiger partial charge in [-0.25, -0.2) is 17.9 Å². The molecule has 4 aromatic rings. The maximum atomic E-state index is 12.5. The Kier molecular flexibility index (Phi) is 4.87. The van der Waals surface area contributed by atoms with Gasteiger partial charge < -0.3 is 8.94 Å². The number of nitrogens with one attached hydrogen (secondary N) is 1. The van der Waals surface area contributed by atoms with E-state index in [-0.39, 0.29) is 23.6 Å². The van der Waals surface area contributed by atoms with Gasteiger partial charge in [-0.05, 0) is 23.6 Å². The molecule has 28 heavy (non-hydrogen) atoms. The van der Waals surface area contributed by atoms with Crippen LogP contribution in [0.1, 0.15) is 23.5 Å². The topological polar surface area (TPSA) is 120 Å². The molecule has 0 aliphatic heterocycles. The van der Waals surface area contributed by atoms with Gasteiger partial charge in [-0.15, -0.1) is 11.3 Å². The van der Waals surface area contributed by atoms with Crippen LogP contribution in [0.2, 0.25) is 0 Å². The minimum absolute atomic E-state index is 0.0188. The summed E-state index contributed by atoms with van der Waals surface area (Å²) in [6.45, 7) is 2.14. The van der Waals surface area contributed by atoms with Crippen LogP contribution in [0.3, 0.4) is 0 Å². The lowest BCUT2D eigenvalue weighted by atomic mass is 10.3. The lowest BCUT2D eigenvalue weighted by Gasteiger charge is -2.06. The van der Waals surface area contributed by atoms with Gasteiger partial charge in [-0.1, -0.05) is 18.1 Å². The van der Waals surface area contributed by atoms with E-state index in [0.29, 0.717) is 23.7 Å². The number of fused-ring (bicyclic) bond motifs is 1. The Morgan fingerprint density at radius 3 is 2.86 bits per heavy atom. The molecule has 0 aliphatic carbocycles. The minimum atomic E-state index is -3.74. The zero-order chi connectivity index (χ0) is 19.7. The first-order valence-electron chi connectivity index (χ1n) is 8.43. The zero-order valence-electron chi connectivity index (χ0n) is 14.8. The smallest absolute Gasteiger partial charge is 0.408 e. The number of hydrogen-bond donors (Lipinski definition) is 1. The van der Waals surface area contributed by atoms with Gasteiger partial charge in [0.15, 0.2) is 11.4 Å². The van der Waals surface area contributed by atoms with Crippen LogP contribution >= 0.6 is 11.3 Å². The molecule has 0 saturated carbocycles. The van der Waals surface area contributed by atoms with Crippen molar-refractivity contribution < 1.29 is 17.4 Å². The van der Waals surface area contributed by atoms with Crippen LogP contribution in [0.15, 0.2) is 54.3 Å². The van der Waals surface area contributed by atoms with Crippen molar-refractivity contribution in [2.45, 2.75) is 31.3 Å². The lowest BCUT2D eigenvalue weighted by Crippen LogP contribution is -2.22. The second-order valence-electron chi connectivity index (χ2n) is 5.95. The fourth-order valence-electron chi connectivity index (χ4n) is 2.67. The fraction of sp³-hybridized carbons (Fsp3) is 0.235. The molecule has 0 atom stereocenters. The van der Waals surface area contributed by atoms with E-state index in [2.05, 4.69) is 14.9 Å². The first-order valence-corrected chi connectivity index (χ1v) is 10.8. The van der Waals surface area contributed by atoms with Crippen molar-refractivity contribution in [3.05, 3.63) is 62.9 Å². The van der Waals surface area contributed by atoms with E-state index < -0.39 is 15.8 Å². The molecular formula is C17H16N4O5S2. The molecule has 0 spiro atoms. The highest BCUT2D eigenvalue weighted by atomic mass is 32.2. The summed E-state index contributed by atoms with van der Waals surface area (Å²) in [6.07, 6.45) is 0.591. The summed E-state index contributed by atoms with van der Waals surface area (Å²) in [5, 5.41) is 5.70. The number of nitrogens with zero attached hydrogens (tertiary/aromatic N) is 3. The number of thiophene rings is 1. The highest BCUT2D eigenvalue weighted by Gasteiger charge is 2.18. The largest absolute Gasteiger partial charge is 0.420 e. The molecule has 1 aromatic carbocycles. The zero-order valence-corrected chi connectivity index (χ0v) is 16.4. The molecule has 3 aromatic heterocycles. The fourth-order valence-corrected chi connectivity index (χ4v) is 4.42. The van der Waals surface area contributed by atoms with Crippen LogP contribution in [0.4, 0.5) is 0 Å². The number of hydrogen-bond acceptors (Lipinski definition) is 8. The average molecular weight is 420 g/mol. The maximum Gasteiger partial charge on any atom is 0.420 e. The van der Waals surface area contributed by atoms with Crippen LogP contribution in [-0.4, -0.2) is 23.1 Å². The van der Waals surface area contributed by atoms with Crippen molar-refractivity contribution >= 4 is 32.5 Å². The summed E-state index contributed by atoms with van der Waals surface area (Å²) in [4.78, 5) is 17.3. The summed E-state index contributed by atoms with van der Waals surface area (Å²) in [6, 6.07) is 7.99. The quantitative estimate of drug-likeness (QED) is 0.486. The second-order valence-corrected chi connectivity index (χ2v) is 8.74. The van der Waals surface area contributed by atoms with E-state index >= 15 is 0 Å². The SMILES string of the molecule is CCc1nc(Cn2c(=O)oc3cc(S(=O)(=O)NCc4cccs4)ccc32)no1. The number of oxazole rings is 1. The predicted molar refractivity (Wildman–Crippen MR) is 102 cm³/mol. The molecular weight excluding hydrogens is 404 g/mol. The maximum absolute atomic E-state index is 12.5. The molecule has 0 aliphatic rings. The van der Waals surface area contributed by atoms with Crippen molar-refractivity contribution in [2.24, 2.45) is 0 Å². The third-order valence-corrected chi connectivity index (χ3v) is 6.35. The third-order valence-electron chi connectivity index (χ3n) is 4.08. The molecule has 0 amide bonds. The van der Waals surface area contributed by atoms with Gasteiger partial charge in [0, 0.05) is 23.9 Å².